The summed E-state index contributed by atoms with van der Waals surface area (Å²) in [6, 6.07) is 10.6. The van der Waals surface area contributed by atoms with Crippen molar-refractivity contribution in [1.29, 1.82) is 0 Å². The molecule has 1 aromatic carbocycles. The molecule has 1 unspecified atom stereocenters. The summed E-state index contributed by atoms with van der Waals surface area (Å²) in [5.41, 5.74) is 1.02. The highest BCUT2D eigenvalue weighted by molar-refractivity contribution is 9.10. The summed E-state index contributed by atoms with van der Waals surface area (Å²) in [5.74, 6) is 1.32. The minimum absolute atomic E-state index is 0.237. The number of benzene rings is 1. The third-order valence-electron chi connectivity index (χ3n) is 4.71. The van der Waals surface area contributed by atoms with Crippen LogP contribution in [0, 0.1) is 5.82 Å². The number of hydrogen-bond acceptors (Lipinski definition) is 5. The van der Waals surface area contributed by atoms with Crippen LogP contribution in [0.4, 0.5) is 10.2 Å². The number of ether oxygens (including phenoxy) is 1. The molecule has 0 amide bonds. The van der Waals surface area contributed by atoms with Crippen molar-refractivity contribution < 1.29 is 9.13 Å². The van der Waals surface area contributed by atoms with Gasteiger partial charge >= 0.3 is 0 Å². The molecule has 0 bridgehead atoms. The van der Waals surface area contributed by atoms with Crippen molar-refractivity contribution in [3.63, 3.8) is 0 Å². The molecule has 1 aliphatic rings. The smallest absolute Gasteiger partial charge is 0.184 e. The molecule has 3 aromatic rings. The lowest BCUT2D eigenvalue weighted by Crippen LogP contribution is -2.42. The van der Waals surface area contributed by atoms with Gasteiger partial charge in [-0.2, -0.15) is 5.10 Å². The summed E-state index contributed by atoms with van der Waals surface area (Å²) in [6.07, 6.45) is 2.38. The van der Waals surface area contributed by atoms with Gasteiger partial charge in [0.05, 0.1) is 18.3 Å². The fraction of sp³-hybridized carbons (Fsp3) is 0.350. The minimum Gasteiger partial charge on any atom is -0.375 e. The Balaban J connectivity index is 1.57. The Morgan fingerprint density at radius 1 is 1.29 bits per heavy atom. The summed E-state index contributed by atoms with van der Waals surface area (Å²) < 4.78 is 20.7. The molecule has 0 spiro atoms. The average molecular weight is 446 g/mol. The van der Waals surface area contributed by atoms with E-state index in [0.29, 0.717) is 34.0 Å². The van der Waals surface area contributed by atoms with Crippen LogP contribution in [0.3, 0.4) is 0 Å². The lowest BCUT2D eigenvalue weighted by atomic mass is 10.1. The van der Waals surface area contributed by atoms with Crippen LogP contribution in [-0.4, -0.2) is 46.0 Å². The maximum atomic E-state index is 14.2. The summed E-state index contributed by atoms with van der Waals surface area (Å²) in [7, 11) is 0. The monoisotopic (exact) mass is 445 g/mol. The van der Waals surface area contributed by atoms with Crippen molar-refractivity contribution in [1.82, 2.24) is 20.2 Å². The molecule has 1 saturated heterocycles. The van der Waals surface area contributed by atoms with Gasteiger partial charge in [0.1, 0.15) is 17.3 Å². The molecule has 2 aromatic heterocycles. The number of hydrogen-bond donors (Lipinski definition) is 1. The van der Waals surface area contributed by atoms with E-state index in [2.05, 4.69) is 42.9 Å². The van der Waals surface area contributed by atoms with Gasteiger partial charge in [0.25, 0.3) is 0 Å². The van der Waals surface area contributed by atoms with Gasteiger partial charge in [0, 0.05) is 17.6 Å². The molecular weight excluding hydrogens is 425 g/mol. The maximum absolute atomic E-state index is 14.2. The number of aromatic nitrogens is 4. The maximum Gasteiger partial charge on any atom is 0.184 e. The van der Waals surface area contributed by atoms with E-state index in [9.17, 15) is 4.39 Å². The number of rotatable bonds is 5. The molecule has 3 heterocycles. The van der Waals surface area contributed by atoms with Crippen LogP contribution in [0.1, 0.15) is 19.8 Å². The normalized spacial score (nSPS) is 17.1. The number of H-pyrrole nitrogens is 1. The molecule has 0 radical (unpaired) electrons. The fourth-order valence-electron chi connectivity index (χ4n) is 3.32. The second-order valence-electron chi connectivity index (χ2n) is 6.74. The van der Waals surface area contributed by atoms with E-state index in [1.54, 1.807) is 12.1 Å². The molecule has 1 N–H and O–H groups in total. The van der Waals surface area contributed by atoms with Gasteiger partial charge in [0.2, 0.25) is 0 Å². The van der Waals surface area contributed by atoms with Crippen LogP contribution in [0.5, 0.6) is 0 Å². The highest BCUT2D eigenvalue weighted by atomic mass is 79.9. The van der Waals surface area contributed by atoms with Gasteiger partial charge in [-0.1, -0.05) is 35.3 Å². The zero-order valence-electron chi connectivity index (χ0n) is 15.5. The first-order chi connectivity index (χ1) is 13.6. The number of pyridine rings is 1. The Bertz CT molecular complexity index is 961. The third kappa shape index (κ3) is 4.07. The van der Waals surface area contributed by atoms with E-state index in [1.165, 1.54) is 6.07 Å². The van der Waals surface area contributed by atoms with Crippen molar-refractivity contribution in [3.05, 3.63) is 46.7 Å². The fourth-order valence-corrected chi connectivity index (χ4v) is 3.66. The zero-order chi connectivity index (χ0) is 19.5. The molecule has 8 heteroatoms. The Kier molecular flexibility index (Phi) is 5.68. The lowest BCUT2D eigenvalue weighted by molar-refractivity contribution is 0.0346. The molecule has 1 aliphatic heterocycles. The van der Waals surface area contributed by atoms with E-state index >= 15 is 0 Å². The molecule has 146 valence electrons. The van der Waals surface area contributed by atoms with Gasteiger partial charge in [-0.25, -0.2) is 14.4 Å². The first-order valence-corrected chi connectivity index (χ1v) is 10.1. The predicted molar refractivity (Wildman–Crippen MR) is 110 cm³/mol. The first kappa shape index (κ1) is 19.0. The number of nitrogens with zero attached hydrogens (tertiary/aromatic N) is 4. The van der Waals surface area contributed by atoms with Crippen LogP contribution in [0.2, 0.25) is 0 Å². The average Bonchev–Trinajstić information content (AvgIpc) is 3.18. The van der Waals surface area contributed by atoms with E-state index in [1.807, 2.05) is 18.2 Å². The van der Waals surface area contributed by atoms with Gasteiger partial charge in [-0.05, 0) is 36.8 Å². The quantitative estimate of drug-likeness (QED) is 0.628. The molecule has 4 rings (SSSR count). The van der Waals surface area contributed by atoms with Crippen LogP contribution in [-0.2, 0) is 4.74 Å². The number of aromatic amines is 1. The highest BCUT2D eigenvalue weighted by Gasteiger charge is 2.21. The van der Waals surface area contributed by atoms with E-state index < -0.39 is 0 Å². The number of halogens is 2. The topological polar surface area (TPSA) is 66.9 Å². The van der Waals surface area contributed by atoms with Crippen LogP contribution >= 0.6 is 15.9 Å². The molecule has 0 saturated carbocycles. The molecule has 0 aliphatic carbocycles. The van der Waals surface area contributed by atoms with Crippen molar-refractivity contribution in [2.75, 3.05) is 24.6 Å². The van der Waals surface area contributed by atoms with Crippen LogP contribution in [0.25, 0.3) is 22.9 Å². The Hall–Kier alpha value is -2.32. The summed E-state index contributed by atoms with van der Waals surface area (Å²) in [4.78, 5) is 11.4. The van der Waals surface area contributed by atoms with Gasteiger partial charge in [-0.3, -0.25) is 5.10 Å². The lowest BCUT2D eigenvalue weighted by Gasteiger charge is -2.33. The van der Waals surface area contributed by atoms with E-state index in [4.69, 9.17) is 9.72 Å². The summed E-state index contributed by atoms with van der Waals surface area (Å²) >= 11 is 3.26. The highest BCUT2D eigenvalue weighted by Crippen LogP contribution is 2.25. The molecule has 28 heavy (non-hydrogen) atoms. The molecule has 1 fully saturated rings. The number of morpholine rings is 1. The zero-order valence-corrected chi connectivity index (χ0v) is 17.1. The van der Waals surface area contributed by atoms with Crippen LogP contribution < -0.4 is 4.90 Å². The van der Waals surface area contributed by atoms with Crippen molar-refractivity contribution >= 4 is 21.7 Å². The predicted octanol–water partition coefficient (Wildman–Crippen LogP) is 4.44. The number of nitrogens with one attached hydrogen (secondary N) is 1. The molecule has 1 atom stereocenters. The van der Waals surface area contributed by atoms with E-state index in [0.717, 1.165) is 31.7 Å². The van der Waals surface area contributed by atoms with Crippen LogP contribution in [0.15, 0.2) is 40.9 Å². The second-order valence-corrected chi connectivity index (χ2v) is 7.66. The minimum atomic E-state index is -0.378. The first-order valence-electron chi connectivity index (χ1n) is 9.36. The Morgan fingerprint density at radius 2 is 2.18 bits per heavy atom. The van der Waals surface area contributed by atoms with Gasteiger partial charge in [0.15, 0.2) is 11.6 Å². The SMILES string of the molecule is CCCC1CN(c2cccc(-c3nc(-c4ccc(Br)cc4F)n[nH]3)n2)CCO1. The Morgan fingerprint density at radius 3 is 3.00 bits per heavy atom. The largest absolute Gasteiger partial charge is 0.375 e. The van der Waals surface area contributed by atoms with Crippen molar-refractivity contribution in [2.24, 2.45) is 0 Å². The molecule has 6 nitrogen and oxygen atoms in total. The number of anilines is 1. The summed E-state index contributed by atoms with van der Waals surface area (Å²) in [5, 5.41) is 7.04. The third-order valence-corrected chi connectivity index (χ3v) is 5.20. The van der Waals surface area contributed by atoms with Gasteiger partial charge in [-0.15, -0.1) is 0 Å². The standard InChI is InChI=1S/C20H21BrFN5O/c1-2-4-14-12-27(9-10-28-14)18-6-3-5-17(23-18)20-24-19(25-26-20)15-8-7-13(21)11-16(15)22/h3,5-8,11,14H,2,4,9-10,12H2,1H3,(H,24,25,26). The molecular formula is C20H21BrFN5O. The van der Waals surface area contributed by atoms with Crippen molar-refractivity contribution in [2.45, 2.75) is 25.9 Å². The van der Waals surface area contributed by atoms with Crippen molar-refractivity contribution in [3.8, 4) is 22.9 Å². The van der Waals surface area contributed by atoms with Gasteiger partial charge < -0.3 is 9.64 Å². The Labute approximate surface area is 171 Å². The van der Waals surface area contributed by atoms with E-state index in [-0.39, 0.29) is 11.9 Å². The second kappa shape index (κ2) is 8.36. The summed E-state index contributed by atoms with van der Waals surface area (Å²) in [6.45, 7) is 4.50.